The molecule has 2 rings (SSSR count). The molecular weight excluding hydrogens is 288 g/mol. The largest absolute Gasteiger partial charge is 0.392 e. The highest BCUT2D eigenvalue weighted by atomic mass is 35.5. The summed E-state index contributed by atoms with van der Waals surface area (Å²) in [5.41, 5.74) is 5.13. The molecular formula is C12H15ClN2OS2. The molecule has 0 radical (unpaired) electrons. The number of nitrogens with one attached hydrogen (secondary N) is 1. The zero-order valence-corrected chi connectivity index (χ0v) is 12.3. The van der Waals surface area contributed by atoms with Crippen molar-refractivity contribution in [2.24, 2.45) is 11.1 Å². The Morgan fingerprint density at radius 3 is 2.67 bits per heavy atom. The summed E-state index contributed by atoms with van der Waals surface area (Å²) in [4.78, 5) is 13.6. The summed E-state index contributed by atoms with van der Waals surface area (Å²) in [6.07, 6.45) is 3.55. The first-order chi connectivity index (χ1) is 8.54. The van der Waals surface area contributed by atoms with Gasteiger partial charge in [0.2, 0.25) is 5.91 Å². The number of carbonyl (C=O) groups excluding carboxylic acids is 1. The minimum atomic E-state index is -0.629. The van der Waals surface area contributed by atoms with Crippen LogP contribution in [0.4, 0.5) is 0 Å². The van der Waals surface area contributed by atoms with Gasteiger partial charge in [-0.25, -0.2) is 0 Å². The summed E-state index contributed by atoms with van der Waals surface area (Å²) >= 11 is 12.4. The van der Waals surface area contributed by atoms with Gasteiger partial charge in [0, 0.05) is 4.88 Å². The standard InChI is InChI=1S/C12H15ClN2OS2/c13-9-4-3-8(18-9)7-15-11(16)12(10(14)17)5-1-2-6-12/h3-4H,1-2,5-7H2,(H2,14,17)(H,15,16). The first-order valence-corrected chi connectivity index (χ1v) is 7.47. The van der Waals surface area contributed by atoms with E-state index in [-0.39, 0.29) is 5.91 Å². The molecule has 1 heterocycles. The lowest BCUT2D eigenvalue weighted by atomic mass is 9.85. The number of nitrogens with two attached hydrogens (primary N) is 1. The van der Waals surface area contributed by atoms with Crippen LogP contribution in [-0.4, -0.2) is 10.9 Å². The molecule has 98 valence electrons. The Labute approximate surface area is 121 Å². The molecule has 0 aliphatic heterocycles. The molecule has 0 bridgehead atoms. The van der Waals surface area contributed by atoms with E-state index < -0.39 is 5.41 Å². The number of thiophene rings is 1. The SMILES string of the molecule is NC(=S)C1(C(=O)NCc2ccc(Cl)s2)CCCC1. The molecule has 1 aliphatic rings. The second-order valence-corrected chi connectivity index (χ2v) is 6.78. The molecule has 1 aliphatic carbocycles. The van der Waals surface area contributed by atoms with Crippen LogP contribution in [0.3, 0.4) is 0 Å². The number of hydrogen-bond acceptors (Lipinski definition) is 3. The summed E-state index contributed by atoms with van der Waals surface area (Å²) in [7, 11) is 0. The van der Waals surface area contributed by atoms with Crippen LogP contribution in [0.2, 0.25) is 4.34 Å². The van der Waals surface area contributed by atoms with Gasteiger partial charge in [0.15, 0.2) is 0 Å². The average molecular weight is 303 g/mol. The Morgan fingerprint density at radius 2 is 2.17 bits per heavy atom. The van der Waals surface area contributed by atoms with Gasteiger partial charge in [-0.15, -0.1) is 11.3 Å². The van der Waals surface area contributed by atoms with Crippen molar-refractivity contribution in [1.29, 1.82) is 0 Å². The molecule has 18 heavy (non-hydrogen) atoms. The number of halogens is 1. The molecule has 0 atom stereocenters. The van der Waals surface area contributed by atoms with Crippen LogP contribution in [0.25, 0.3) is 0 Å². The molecule has 0 spiro atoms. The van der Waals surface area contributed by atoms with Crippen molar-refractivity contribution >= 4 is 46.1 Å². The summed E-state index contributed by atoms with van der Waals surface area (Å²) in [5.74, 6) is -0.0444. The summed E-state index contributed by atoms with van der Waals surface area (Å²) in [5, 5.41) is 2.92. The van der Waals surface area contributed by atoms with Gasteiger partial charge in [-0.05, 0) is 25.0 Å². The van der Waals surface area contributed by atoms with E-state index in [0.717, 1.165) is 34.9 Å². The highest BCUT2D eigenvalue weighted by Gasteiger charge is 2.43. The van der Waals surface area contributed by atoms with E-state index in [1.54, 1.807) is 0 Å². The molecule has 1 saturated carbocycles. The van der Waals surface area contributed by atoms with Crippen LogP contribution in [-0.2, 0) is 11.3 Å². The zero-order chi connectivity index (χ0) is 13.2. The quantitative estimate of drug-likeness (QED) is 0.841. The fourth-order valence-corrected chi connectivity index (χ4v) is 3.67. The third-order valence-corrected chi connectivity index (χ3v) is 5.04. The molecule has 1 aromatic rings. The van der Waals surface area contributed by atoms with Crippen LogP contribution >= 0.6 is 35.2 Å². The lowest BCUT2D eigenvalue weighted by Crippen LogP contribution is -2.46. The molecule has 1 amide bonds. The van der Waals surface area contributed by atoms with E-state index >= 15 is 0 Å². The molecule has 0 aromatic carbocycles. The Hall–Kier alpha value is -0.650. The van der Waals surface area contributed by atoms with E-state index in [4.69, 9.17) is 29.6 Å². The Bertz CT molecular complexity index is 466. The fraction of sp³-hybridized carbons (Fsp3) is 0.500. The van der Waals surface area contributed by atoms with Crippen molar-refractivity contribution in [2.45, 2.75) is 32.2 Å². The van der Waals surface area contributed by atoms with Gasteiger partial charge in [0.1, 0.15) is 0 Å². The van der Waals surface area contributed by atoms with Gasteiger partial charge in [-0.1, -0.05) is 36.7 Å². The van der Waals surface area contributed by atoms with Gasteiger partial charge < -0.3 is 11.1 Å². The number of rotatable bonds is 4. The topological polar surface area (TPSA) is 55.1 Å². The van der Waals surface area contributed by atoms with Crippen LogP contribution in [0, 0.1) is 5.41 Å². The highest BCUT2D eigenvalue weighted by molar-refractivity contribution is 7.80. The minimum absolute atomic E-state index is 0.0444. The third-order valence-electron chi connectivity index (χ3n) is 3.42. The number of hydrogen-bond donors (Lipinski definition) is 2. The van der Waals surface area contributed by atoms with Crippen molar-refractivity contribution in [2.75, 3.05) is 0 Å². The number of amides is 1. The van der Waals surface area contributed by atoms with Crippen LogP contribution < -0.4 is 11.1 Å². The van der Waals surface area contributed by atoms with Gasteiger partial charge in [0.25, 0.3) is 0 Å². The predicted molar refractivity (Wildman–Crippen MR) is 78.9 cm³/mol. The fourth-order valence-electron chi connectivity index (χ4n) is 2.35. The van der Waals surface area contributed by atoms with E-state index in [0.29, 0.717) is 11.5 Å². The van der Waals surface area contributed by atoms with Gasteiger partial charge in [-0.2, -0.15) is 0 Å². The molecule has 3 nitrogen and oxygen atoms in total. The van der Waals surface area contributed by atoms with E-state index in [1.807, 2.05) is 12.1 Å². The zero-order valence-electron chi connectivity index (χ0n) is 9.87. The number of thiocarbonyl (C=S) groups is 1. The average Bonchev–Trinajstić information content (AvgIpc) is 2.95. The Balaban J connectivity index is 2.00. The molecule has 1 fully saturated rings. The lowest BCUT2D eigenvalue weighted by Gasteiger charge is -2.26. The molecule has 0 saturated heterocycles. The van der Waals surface area contributed by atoms with Gasteiger partial charge >= 0.3 is 0 Å². The minimum Gasteiger partial charge on any atom is -0.392 e. The summed E-state index contributed by atoms with van der Waals surface area (Å²) in [6, 6.07) is 3.74. The molecule has 1 aromatic heterocycles. The van der Waals surface area contributed by atoms with Crippen LogP contribution in [0.1, 0.15) is 30.6 Å². The Kier molecular flexibility index (Phi) is 4.25. The van der Waals surface area contributed by atoms with E-state index in [1.165, 1.54) is 11.3 Å². The first kappa shape index (κ1) is 13.8. The van der Waals surface area contributed by atoms with Gasteiger partial charge in [0.05, 0.1) is 21.3 Å². The van der Waals surface area contributed by atoms with Crippen LogP contribution in [0.5, 0.6) is 0 Å². The van der Waals surface area contributed by atoms with Gasteiger partial charge in [-0.3, -0.25) is 4.79 Å². The summed E-state index contributed by atoms with van der Waals surface area (Å²) in [6.45, 7) is 0.487. The monoisotopic (exact) mass is 302 g/mol. The maximum atomic E-state index is 12.3. The van der Waals surface area contributed by atoms with Crippen molar-refractivity contribution < 1.29 is 4.79 Å². The van der Waals surface area contributed by atoms with E-state index in [9.17, 15) is 4.79 Å². The lowest BCUT2D eigenvalue weighted by molar-refractivity contribution is -0.127. The first-order valence-electron chi connectivity index (χ1n) is 5.87. The Morgan fingerprint density at radius 1 is 1.50 bits per heavy atom. The van der Waals surface area contributed by atoms with Crippen LogP contribution in [0.15, 0.2) is 12.1 Å². The van der Waals surface area contributed by atoms with Crippen molar-refractivity contribution in [3.8, 4) is 0 Å². The van der Waals surface area contributed by atoms with E-state index in [2.05, 4.69) is 5.32 Å². The maximum Gasteiger partial charge on any atom is 0.233 e. The second kappa shape index (κ2) is 5.55. The maximum absolute atomic E-state index is 12.3. The second-order valence-electron chi connectivity index (χ2n) is 4.54. The van der Waals surface area contributed by atoms with Crippen molar-refractivity contribution in [3.63, 3.8) is 0 Å². The smallest absolute Gasteiger partial charge is 0.233 e. The predicted octanol–water partition coefficient (Wildman–Crippen LogP) is 2.86. The summed E-state index contributed by atoms with van der Waals surface area (Å²) < 4.78 is 0.726. The normalized spacial score (nSPS) is 17.6. The molecule has 6 heteroatoms. The number of carbonyl (C=O) groups is 1. The molecule has 3 N–H and O–H groups in total. The van der Waals surface area contributed by atoms with Crippen molar-refractivity contribution in [3.05, 3.63) is 21.3 Å². The molecule has 0 unspecified atom stereocenters. The van der Waals surface area contributed by atoms with Crippen molar-refractivity contribution in [1.82, 2.24) is 5.32 Å². The highest BCUT2D eigenvalue weighted by Crippen LogP contribution is 2.38. The third kappa shape index (κ3) is 2.68.